The van der Waals surface area contributed by atoms with E-state index in [4.69, 9.17) is 30.5 Å². The maximum atomic E-state index is 12.5. The van der Waals surface area contributed by atoms with Crippen molar-refractivity contribution in [1.82, 2.24) is 9.55 Å². The summed E-state index contributed by atoms with van der Waals surface area (Å²) in [6, 6.07) is 9.69. The number of nitrogens with zero attached hydrogens (tertiary/aromatic N) is 3. The number of hydrogen-bond acceptors (Lipinski definition) is 9. The molecule has 0 saturated carbocycles. The number of carbonyl (C=O) groups excluding carboxylic acids is 1. The summed E-state index contributed by atoms with van der Waals surface area (Å²) in [7, 11) is 4.36. The summed E-state index contributed by atoms with van der Waals surface area (Å²) in [6.45, 7) is 1.69. The number of fused-ring (bicyclic) bond motifs is 1. The number of thiophene rings is 1. The predicted octanol–water partition coefficient (Wildman–Crippen LogP) is 5.59. The fraction of sp³-hybridized carbons (Fsp3) is 0.217. The van der Waals surface area contributed by atoms with Crippen molar-refractivity contribution in [1.29, 1.82) is 0 Å². The van der Waals surface area contributed by atoms with E-state index in [9.17, 15) is 14.9 Å². The van der Waals surface area contributed by atoms with E-state index in [-0.39, 0.29) is 21.3 Å². The molecule has 0 aliphatic carbocycles. The van der Waals surface area contributed by atoms with E-state index in [0.29, 0.717) is 27.6 Å². The van der Waals surface area contributed by atoms with Crippen molar-refractivity contribution in [2.45, 2.75) is 13.0 Å². The minimum Gasteiger partial charge on any atom is -0.493 e. The molecule has 10 nitrogen and oxygen atoms in total. The number of carbonyl (C=O) groups is 1. The van der Waals surface area contributed by atoms with Gasteiger partial charge in [-0.3, -0.25) is 14.7 Å². The molecule has 0 bridgehead atoms. The van der Waals surface area contributed by atoms with Crippen LogP contribution in [-0.4, -0.2) is 41.8 Å². The predicted molar refractivity (Wildman–Crippen MR) is 131 cm³/mol. The molecule has 35 heavy (non-hydrogen) atoms. The number of esters is 1. The van der Waals surface area contributed by atoms with Crippen LogP contribution in [0.1, 0.15) is 28.3 Å². The molecule has 2 aromatic heterocycles. The molecule has 0 aliphatic heterocycles. The molecule has 0 N–H and O–H groups in total. The molecular formula is C23H20ClN3O7S. The molecular weight excluding hydrogens is 498 g/mol. The second kappa shape index (κ2) is 9.80. The Morgan fingerprint density at radius 2 is 1.86 bits per heavy atom. The third-order valence-electron chi connectivity index (χ3n) is 5.29. The SMILES string of the molecule is COC(=O)c1sc(-n2cnc3cc(OC)c(OC)cc32)cc1O[C@H](C)c1cccc([N+](=O)[O-])c1Cl. The van der Waals surface area contributed by atoms with E-state index < -0.39 is 17.0 Å². The average molecular weight is 518 g/mol. The Hall–Kier alpha value is -3.83. The highest BCUT2D eigenvalue weighted by atomic mass is 35.5. The van der Waals surface area contributed by atoms with Gasteiger partial charge in [-0.2, -0.15) is 0 Å². The largest absolute Gasteiger partial charge is 0.493 e. The lowest BCUT2D eigenvalue weighted by Crippen LogP contribution is -2.07. The van der Waals surface area contributed by atoms with E-state index in [1.807, 2.05) is 0 Å². The molecule has 0 aliphatic rings. The number of halogens is 1. The zero-order chi connectivity index (χ0) is 25.3. The lowest BCUT2D eigenvalue weighted by molar-refractivity contribution is -0.384. The van der Waals surface area contributed by atoms with Gasteiger partial charge in [0.15, 0.2) is 16.4 Å². The first kappa shape index (κ1) is 24.3. The number of nitro benzene ring substituents is 1. The number of imidazole rings is 1. The van der Waals surface area contributed by atoms with Crippen LogP contribution >= 0.6 is 22.9 Å². The fourth-order valence-electron chi connectivity index (χ4n) is 3.56. The van der Waals surface area contributed by atoms with Gasteiger partial charge in [-0.15, -0.1) is 11.3 Å². The topological polar surface area (TPSA) is 115 Å². The maximum absolute atomic E-state index is 12.5. The number of rotatable bonds is 8. The third-order valence-corrected chi connectivity index (χ3v) is 6.80. The average Bonchev–Trinajstić information content (AvgIpc) is 3.45. The Morgan fingerprint density at radius 3 is 2.51 bits per heavy atom. The van der Waals surface area contributed by atoms with Crippen LogP contribution in [0.15, 0.2) is 42.7 Å². The van der Waals surface area contributed by atoms with Gasteiger partial charge >= 0.3 is 5.97 Å². The highest BCUT2D eigenvalue weighted by Crippen LogP contribution is 2.40. The van der Waals surface area contributed by atoms with Gasteiger partial charge in [-0.25, -0.2) is 9.78 Å². The molecule has 4 rings (SSSR count). The number of aromatic nitrogens is 2. The molecule has 12 heteroatoms. The quantitative estimate of drug-likeness (QED) is 0.169. The first-order valence-corrected chi connectivity index (χ1v) is 11.4. The van der Waals surface area contributed by atoms with Gasteiger partial charge in [0.25, 0.3) is 5.69 Å². The second-order valence-electron chi connectivity index (χ2n) is 7.28. The van der Waals surface area contributed by atoms with Crippen molar-refractivity contribution >= 4 is 45.6 Å². The molecule has 2 heterocycles. The summed E-state index contributed by atoms with van der Waals surface area (Å²) in [6.07, 6.45) is 0.915. The standard InChI is InChI=1S/C23H20ClN3O7S/c1-12(13-6-5-7-15(21(13)24)27(29)30)34-19-10-20(35-22(19)23(28)33-4)26-11-25-14-8-17(31-2)18(32-3)9-16(14)26/h5-12H,1-4H3/t12-/m1/s1. The zero-order valence-electron chi connectivity index (χ0n) is 19.1. The van der Waals surface area contributed by atoms with E-state index in [0.717, 1.165) is 16.9 Å². The van der Waals surface area contributed by atoms with Crippen LogP contribution in [0.5, 0.6) is 17.2 Å². The van der Waals surface area contributed by atoms with Crippen LogP contribution < -0.4 is 14.2 Å². The van der Waals surface area contributed by atoms with Crippen LogP contribution in [0.4, 0.5) is 5.69 Å². The van der Waals surface area contributed by atoms with Gasteiger partial charge in [-0.05, 0) is 6.92 Å². The van der Waals surface area contributed by atoms with Gasteiger partial charge < -0.3 is 18.9 Å². The van der Waals surface area contributed by atoms with Gasteiger partial charge in [-0.1, -0.05) is 23.7 Å². The summed E-state index contributed by atoms with van der Waals surface area (Å²) in [5.41, 5.74) is 1.57. The van der Waals surface area contributed by atoms with Gasteiger partial charge in [0.2, 0.25) is 0 Å². The summed E-state index contributed by atoms with van der Waals surface area (Å²) in [4.78, 5) is 27.9. The molecule has 0 amide bonds. The molecule has 0 spiro atoms. The molecule has 0 saturated heterocycles. The van der Waals surface area contributed by atoms with Crippen molar-refractivity contribution < 1.29 is 28.7 Å². The van der Waals surface area contributed by atoms with E-state index >= 15 is 0 Å². The molecule has 2 aromatic carbocycles. The first-order chi connectivity index (χ1) is 16.8. The first-order valence-electron chi connectivity index (χ1n) is 10.2. The maximum Gasteiger partial charge on any atom is 0.351 e. The summed E-state index contributed by atoms with van der Waals surface area (Å²) >= 11 is 7.40. The Balaban J connectivity index is 1.76. The molecule has 0 radical (unpaired) electrons. The van der Waals surface area contributed by atoms with Crippen molar-refractivity contribution in [3.63, 3.8) is 0 Å². The number of hydrogen-bond donors (Lipinski definition) is 0. The van der Waals surface area contributed by atoms with Crippen molar-refractivity contribution in [2.24, 2.45) is 0 Å². The van der Waals surface area contributed by atoms with Crippen molar-refractivity contribution in [3.05, 3.63) is 68.3 Å². The number of nitro groups is 1. The monoisotopic (exact) mass is 517 g/mol. The molecule has 182 valence electrons. The number of methoxy groups -OCH3 is 3. The molecule has 0 unspecified atom stereocenters. The minimum absolute atomic E-state index is 0.0262. The van der Waals surface area contributed by atoms with Gasteiger partial charge in [0.05, 0.1) is 37.3 Å². The Morgan fingerprint density at radius 1 is 1.14 bits per heavy atom. The highest BCUT2D eigenvalue weighted by Gasteiger charge is 2.25. The molecule has 4 aromatic rings. The fourth-order valence-corrected chi connectivity index (χ4v) is 4.90. The molecule has 1 atom stereocenters. The van der Waals surface area contributed by atoms with E-state index in [1.165, 1.54) is 26.4 Å². The number of ether oxygens (including phenoxy) is 4. The summed E-state index contributed by atoms with van der Waals surface area (Å²) < 4.78 is 23.5. The lowest BCUT2D eigenvalue weighted by atomic mass is 10.1. The Kier molecular flexibility index (Phi) is 6.81. The Bertz CT molecular complexity index is 1430. The highest BCUT2D eigenvalue weighted by molar-refractivity contribution is 7.16. The zero-order valence-corrected chi connectivity index (χ0v) is 20.7. The van der Waals surface area contributed by atoms with E-state index in [1.54, 1.807) is 49.2 Å². The van der Waals surface area contributed by atoms with Crippen LogP contribution in [0.2, 0.25) is 5.02 Å². The van der Waals surface area contributed by atoms with Crippen molar-refractivity contribution in [2.75, 3.05) is 21.3 Å². The second-order valence-corrected chi connectivity index (χ2v) is 8.69. The smallest absolute Gasteiger partial charge is 0.351 e. The summed E-state index contributed by atoms with van der Waals surface area (Å²) in [5.74, 6) is 0.724. The van der Waals surface area contributed by atoms with Crippen LogP contribution in [0, 0.1) is 10.1 Å². The third kappa shape index (κ3) is 4.47. The normalized spacial score (nSPS) is 11.8. The van der Waals surface area contributed by atoms with E-state index in [2.05, 4.69) is 4.98 Å². The van der Waals surface area contributed by atoms with Gasteiger partial charge in [0.1, 0.15) is 28.2 Å². The van der Waals surface area contributed by atoms with Crippen molar-refractivity contribution in [3.8, 4) is 22.2 Å². The number of benzene rings is 2. The van der Waals surface area contributed by atoms with Crippen LogP contribution in [-0.2, 0) is 4.74 Å². The van der Waals surface area contributed by atoms with Crippen LogP contribution in [0.25, 0.3) is 16.0 Å². The lowest BCUT2D eigenvalue weighted by Gasteiger charge is -2.16. The minimum atomic E-state index is -0.697. The van der Waals surface area contributed by atoms with Crippen LogP contribution in [0.3, 0.4) is 0 Å². The Labute approximate surface area is 208 Å². The molecule has 0 fully saturated rings. The van der Waals surface area contributed by atoms with Gasteiger partial charge in [0, 0.05) is 29.8 Å². The summed E-state index contributed by atoms with van der Waals surface area (Å²) in [5, 5.41) is 11.9.